The quantitative estimate of drug-likeness (QED) is 0.0169. The minimum Gasteiger partial charge on any atom is -0.462 e. The lowest BCUT2D eigenvalue weighted by Crippen LogP contribution is -2.30. The summed E-state index contributed by atoms with van der Waals surface area (Å²) in [6, 6.07) is 0. The SMILES string of the molecule is CC/C=C\C/C=C\C/C=C\C/C=C\C/C=C\CCCCCC(=O)OCC(COP(=O)(O)OCC(O)COP(=O)(O)OCC(COC(=O)CCCCC/C=C\C/C=C\C/C=C\C/C=C\C/C=C\CC)OC(=O)CCCCCCCCCCCCC)OC(=O)CCCCCCC/C=C\C/C=C\CCC. The number of carbonyl (C=O) groups is 4. The van der Waals surface area contributed by atoms with E-state index >= 15 is 0 Å². The maximum absolute atomic E-state index is 13.1. The minimum absolute atomic E-state index is 0.0667. The van der Waals surface area contributed by atoms with Crippen LogP contribution in [0.3, 0.4) is 0 Å². The number of unbranched alkanes of at least 4 members (excludes halogenated alkanes) is 22. The van der Waals surface area contributed by atoms with Crippen molar-refractivity contribution in [3.05, 3.63) is 146 Å². The summed E-state index contributed by atoms with van der Waals surface area (Å²) in [5.41, 5.74) is 0. The van der Waals surface area contributed by atoms with Crippen molar-refractivity contribution in [2.75, 3.05) is 39.6 Å². The molecule has 0 bridgehead atoms. The van der Waals surface area contributed by atoms with E-state index < -0.39 is 97.5 Å². The fraction of sp³-hybridized carbons (Fsp3) is 0.663. The smallest absolute Gasteiger partial charge is 0.462 e. The average Bonchev–Trinajstić information content (AvgIpc) is 0.907. The van der Waals surface area contributed by atoms with Gasteiger partial charge in [0, 0.05) is 25.7 Å². The van der Waals surface area contributed by atoms with Gasteiger partial charge in [-0.3, -0.25) is 37.3 Å². The van der Waals surface area contributed by atoms with E-state index in [1.807, 2.05) is 0 Å². The lowest BCUT2D eigenvalue weighted by molar-refractivity contribution is -0.161. The maximum Gasteiger partial charge on any atom is 0.472 e. The van der Waals surface area contributed by atoms with Gasteiger partial charge in [-0.15, -0.1) is 0 Å². The zero-order chi connectivity index (χ0) is 74.6. The van der Waals surface area contributed by atoms with Crippen LogP contribution in [0, 0.1) is 0 Å². The number of hydrogen-bond donors (Lipinski definition) is 3. The molecule has 19 heteroatoms. The van der Waals surface area contributed by atoms with E-state index in [-0.39, 0.29) is 25.7 Å². The predicted octanol–water partition coefficient (Wildman–Crippen LogP) is 22.7. The molecule has 102 heavy (non-hydrogen) atoms. The molecule has 0 fully saturated rings. The van der Waals surface area contributed by atoms with Gasteiger partial charge in [-0.05, 0) is 141 Å². The van der Waals surface area contributed by atoms with Crippen LogP contribution >= 0.6 is 15.6 Å². The molecule has 0 spiro atoms. The third-order valence-corrected chi connectivity index (χ3v) is 17.7. The summed E-state index contributed by atoms with van der Waals surface area (Å²) in [5.74, 6) is -2.27. The monoisotopic (exact) mass is 1470 g/mol. The summed E-state index contributed by atoms with van der Waals surface area (Å²) >= 11 is 0. The average molecular weight is 1470 g/mol. The minimum atomic E-state index is -4.99. The van der Waals surface area contributed by atoms with E-state index in [1.165, 1.54) is 38.5 Å². The third kappa shape index (κ3) is 73.3. The van der Waals surface area contributed by atoms with Gasteiger partial charge in [0.05, 0.1) is 26.4 Å². The molecule has 0 aliphatic rings. The molecular formula is C83H138O17P2. The van der Waals surface area contributed by atoms with E-state index in [1.54, 1.807) is 0 Å². The second kappa shape index (κ2) is 74.2. The zero-order valence-electron chi connectivity index (χ0n) is 63.5. The Bertz CT molecular complexity index is 2510. The van der Waals surface area contributed by atoms with Crippen LogP contribution in [0.25, 0.3) is 0 Å². The molecule has 0 aliphatic heterocycles. The van der Waals surface area contributed by atoms with Crippen molar-refractivity contribution in [2.45, 2.75) is 316 Å². The van der Waals surface area contributed by atoms with Gasteiger partial charge >= 0.3 is 39.5 Å². The Labute approximate surface area is 617 Å². The largest absolute Gasteiger partial charge is 0.472 e. The molecule has 582 valence electrons. The summed E-state index contributed by atoms with van der Waals surface area (Å²) in [6.07, 6.45) is 84.1. The Hall–Kier alpha value is -5.06. The number of ether oxygens (including phenoxy) is 4. The first kappa shape index (κ1) is 96.9. The van der Waals surface area contributed by atoms with Crippen LogP contribution in [0.15, 0.2) is 146 Å². The fourth-order valence-electron chi connectivity index (χ4n) is 9.90. The Morgan fingerprint density at radius 2 is 0.529 bits per heavy atom. The number of rotatable bonds is 72. The Balaban J connectivity index is 5.37. The van der Waals surface area contributed by atoms with E-state index in [2.05, 4.69) is 174 Å². The number of esters is 4. The van der Waals surface area contributed by atoms with Crippen LogP contribution in [0.1, 0.15) is 297 Å². The summed E-state index contributed by atoms with van der Waals surface area (Å²) in [7, 11) is -9.98. The second-order valence-electron chi connectivity index (χ2n) is 25.5. The topological polar surface area (TPSA) is 237 Å². The van der Waals surface area contributed by atoms with Crippen molar-refractivity contribution in [1.82, 2.24) is 0 Å². The highest BCUT2D eigenvalue weighted by atomic mass is 31.2. The van der Waals surface area contributed by atoms with Crippen LogP contribution in [0.2, 0.25) is 0 Å². The van der Waals surface area contributed by atoms with E-state index in [0.717, 1.165) is 180 Å². The van der Waals surface area contributed by atoms with Gasteiger partial charge in [-0.25, -0.2) is 9.13 Å². The van der Waals surface area contributed by atoms with Gasteiger partial charge in [-0.2, -0.15) is 0 Å². The highest BCUT2D eigenvalue weighted by molar-refractivity contribution is 7.47. The molecule has 5 atom stereocenters. The first-order valence-corrected chi connectivity index (χ1v) is 42.1. The standard InChI is InChI=1S/C83H138O17P2/c1-5-9-13-17-21-25-29-32-34-36-38-40-42-45-48-51-55-59-63-67-80(85)93-73-78(99-82(87)69-65-61-57-53-47-28-24-20-16-12-8-4)75-97-101(89,90)95-71-77(84)72-96-102(91,92)98-76-79(100-83(88)70-66-62-58-54-50-44-31-27-23-19-15-11-7-3)74-94-81(86)68-64-60-56-52-49-46-43-41-39-37-35-33-30-26-22-18-14-10-6-2/h9-10,13-15,19,21-22,25-27,31-35,38-41,45-46,48-49,77-79,84H,5-8,11-12,16-18,20,23-24,28-30,36-37,42-44,47,50-76H2,1-4H3,(H,89,90)(H,91,92)/b13-9-,14-10-,19-15-,25-21-,26-22-,31-27-,34-32-,35-33-,40-38-,41-39-,48-45-,49-46-. The van der Waals surface area contributed by atoms with Gasteiger partial charge in [0.2, 0.25) is 0 Å². The summed E-state index contributed by atoms with van der Waals surface area (Å²) in [5, 5.41) is 10.6. The molecule has 0 saturated carbocycles. The van der Waals surface area contributed by atoms with Crippen molar-refractivity contribution < 1.29 is 80.2 Å². The molecule has 0 amide bonds. The van der Waals surface area contributed by atoms with Crippen LogP contribution in [0.5, 0.6) is 0 Å². The summed E-state index contributed by atoms with van der Waals surface area (Å²) in [4.78, 5) is 72.9. The first-order chi connectivity index (χ1) is 49.7. The Morgan fingerprint density at radius 3 is 0.833 bits per heavy atom. The molecule has 5 unspecified atom stereocenters. The van der Waals surface area contributed by atoms with E-state index in [9.17, 15) is 43.2 Å². The highest BCUT2D eigenvalue weighted by Gasteiger charge is 2.30. The molecule has 3 N–H and O–H groups in total. The molecular weight excluding hydrogens is 1330 g/mol. The van der Waals surface area contributed by atoms with Crippen LogP contribution in [-0.4, -0.2) is 96.7 Å². The number of allylic oxidation sites excluding steroid dienone is 24. The van der Waals surface area contributed by atoms with Crippen molar-refractivity contribution in [3.63, 3.8) is 0 Å². The summed E-state index contributed by atoms with van der Waals surface area (Å²) in [6.45, 7) is 4.48. The number of carbonyl (C=O) groups excluding carboxylic acids is 4. The zero-order valence-corrected chi connectivity index (χ0v) is 65.3. The Kier molecular flexibility index (Phi) is 70.5. The van der Waals surface area contributed by atoms with Crippen molar-refractivity contribution in [2.24, 2.45) is 0 Å². The molecule has 0 heterocycles. The van der Waals surface area contributed by atoms with Gasteiger partial charge < -0.3 is 33.8 Å². The highest BCUT2D eigenvalue weighted by Crippen LogP contribution is 2.45. The summed E-state index contributed by atoms with van der Waals surface area (Å²) < 4.78 is 68.4. The van der Waals surface area contributed by atoms with Gasteiger partial charge in [0.1, 0.15) is 19.3 Å². The van der Waals surface area contributed by atoms with E-state index in [4.69, 9.17) is 37.0 Å². The normalized spacial score (nSPS) is 14.7. The van der Waals surface area contributed by atoms with E-state index in [0.29, 0.717) is 25.7 Å². The lowest BCUT2D eigenvalue weighted by atomic mass is 10.1. The fourth-order valence-corrected chi connectivity index (χ4v) is 11.5. The number of aliphatic hydroxyl groups excluding tert-OH is 1. The van der Waals surface area contributed by atoms with Crippen molar-refractivity contribution >= 4 is 39.5 Å². The van der Waals surface area contributed by atoms with Gasteiger partial charge in [0.25, 0.3) is 0 Å². The second-order valence-corrected chi connectivity index (χ2v) is 28.4. The molecule has 17 nitrogen and oxygen atoms in total. The third-order valence-electron chi connectivity index (χ3n) is 15.8. The first-order valence-electron chi connectivity index (χ1n) is 39.1. The molecule has 0 rings (SSSR count). The number of phosphoric acid groups is 2. The van der Waals surface area contributed by atoms with Crippen molar-refractivity contribution in [3.8, 4) is 0 Å². The molecule has 0 aromatic rings. The molecule has 0 aliphatic carbocycles. The molecule has 0 aromatic carbocycles. The van der Waals surface area contributed by atoms with Crippen LogP contribution in [-0.2, 0) is 65.4 Å². The van der Waals surface area contributed by atoms with Crippen LogP contribution < -0.4 is 0 Å². The lowest BCUT2D eigenvalue weighted by Gasteiger charge is -2.21. The van der Waals surface area contributed by atoms with Crippen LogP contribution in [0.4, 0.5) is 0 Å². The van der Waals surface area contributed by atoms with Gasteiger partial charge in [0.15, 0.2) is 12.2 Å². The van der Waals surface area contributed by atoms with Crippen molar-refractivity contribution in [1.29, 1.82) is 0 Å². The Morgan fingerprint density at radius 1 is 0.284 bits per heavy atom. The maximum atomic E-state index is 13.1. The number of hydrogen-bond acceptors (Lipinski definition) is 15. The molecule has 0 aromatic heterocycles. The van der Waals surface area contributed by atoms with Gasteiger partial charge in [-0.1, -0.05) is 276 Å². The molecule has 0 radical (unpaired) electrons. The molecule has 0 saturated heterocycles. The predicted molar refractivity (Wildman–Crippen MR) is 417 cm³/mol. The number of phosphoric ester groups is 2. The number of aliphatic hydroxyl groups is 1.